The number of methoxy groups -OCH3 is 1. The van der Waals surface area contributed by atoms with Crippen molar-refractivity contribution in [2.24, 2.45) is 0 Å². The average molecular weight is 408 g/mol. The summed E-state index contributed by atoms with van der Waals surface area (Å²) in [7, 11) is -0.260. The third-order valence-corrected chi connectivity index (χ3v) is 11.7. The van der Waals surface area contributed by atoms with Gasteiger partial charge < -0.3 is 19.3 Å². The van der Waals surface area contributed by atoms with E-state index in [0.717, 1.165) is 0 Å². The van der Waals surface area contributed by atoms with E-state index in [1.165, 1.54) is 0 Å². The lowest BCUT2D eigenvalue weighted by molar-refractivity contribution is -0.112. The van der Waals surface area contributed by atoms with Crippen molar-refractivity contribution in [1.29, 1.82) is 0 Å². The van der Waals surface area contributed by atoms with Gasteiger partial charge in [0.05, 0.1) is 14.2 Å². The molecule has 0 amide bonds. The van der Waals surface area contributed by atoms with E-state index in [4.69, 9.17) is 20.6 Å². The van der Waals surface area contributed by atoms with Gasteiger partial charge in [-0.25, -0.2) is 0 Å². The van der Waals surface area contributed by atoms with Gasteiger partial charge in [0.1, 0.15) is 12.9 Å². The van der Waals surface area contributed by atoms with Gasteiger partial charge in [-0.1, -0.05) is 39.8 Å². The smallest absolute Gasteiger partial charge is 0.256 e. The number of rotatable bonds is 6. The first-order valence-corrected chi connectivity index (χ1v) is 12.8. The molecule has 1 saturated heterocycles. The van der Waals surface area contributed by atoms with Gasteiger partial charge in [0, 0.05) is 24.7 Å². The van der Waals surface area contributed by atoms with Gasteiger partial charge in [0.25, 0.3) is 5.56 Å². The molecule has 0 aromatic carbocycles. The zero-order valence-corrected chi connectivity index (χ0v) is 19.0. The van der Waals surface area contributed by atoms with Gasteiger partial charge in [0.2, 0.25) is 0 Å². The SMILES string of the molecule is C#C[C@]1(C[Si](C)(C)C(C)(C)C)O[C@@H](c2cc(C)c(O)[nH]c2=O)CC1OCOC. The summed E-state index contributed by atoms with van der Waals surface area (Å²) < 4.78 is 17.5. The number of hydrogen-bond donors (Lipinski definition) is 2. The lowest BCUT2D eigenvalue weighted by Crippen LogP contribution is -2.50. The fraction of sp³-hybridized carbons (Fsp3) is 0.667. The van der Waals surface area contributed by atoms with Gasteiger partial charge >= 0.3 is 0 Å². The van der Waals surface area contributed by atoms with E-state index in [1.807, 2.05) is 0 Å². The Balaban J connectivity index is 2.45. The zero-order chi connectivity index (χ0) is 21.3. The second-order valence-electron chi connectivity index (χ2n) is 9.33. The van der Waals surface area contributed by atoms with Crippen LogP contribution in [0.25, 0.3) is 0 Å². The molecule has 1 aromatic rings. The molecule has 3 atom stereocenters. The van der Waals surface area contributed by atoms with Crippen LogP contribution >= 0.6 is 0 Å². The van der Waals surface area contributed by atoms with Gasteiger partial charge in [-0.2, -0.15) is 0 Å². The predicted octanol–water partition coefficient (Wildman–Crippen LogP) is 3.72. The topological polar surface area (TPSA) is 80.8 Å². The minimum absolute atomic E-state index is 0.104. The highest BCUT2D eigenvalue weighted by molar-refractivity contribution is 6.80. The molecule has 1 aromatic heterocycles. The van der Waals surface area contributed by atoms with Crippen LogP contribution in [0.15, 0.2) is 10.9 Å². The van der Waals surface area contributed by atoms with Crippen LogP contribution in [-0.2, 0) is 14.2 Å². The largest absolute Gasteiger partial charge is 0.494 e. The normalized spacial score (nSPS) is 25.6. The van der Waals surface area contributed by atoms with Gasteiger partial charge in [0.15, 0.2) is 11.5 Å². The van der Waals surface area contributed by atoms with Crippen LogP contribution in [0.2, 0.25) is 24.2 Å². The molecule has 1 aliphatic heterocycles. The summed E-state index contributed by atoms with van der Waals surface area (Å²) >= 11 is 0. The van der Waals surface area contributed by atoms with Crippen molar-refractivity contribution >= 4 is 8.07 Å². The first-order chi connectivity index (χ1) is 12.9. The maximum absolute atomic E-state index is 12.4. The third kappa shape index (κ3) is 4.36. The summed E-state index contributed by atoms with van der Waals surface area (Å²) in [5.41, 5.74) is -0.271. The Morgan fingerprint density at radius 3 is 2.64 bits per heavy atom. The average Bonchev–Trinajstić information content (AvgIpc) is 2.93. The first kappa shape index (κ1) is 22.7. The van der Waals surface area contributed by atoms with Gasteiger partial charge in [-0.3, -0.25) is 9.78 Å². The maximum Gasteiger partial charge on any atom is 0.256 e. The Labute approximate surface area is 168 Å². The lowest BCUT2D eigenvalue weighted by Gasteiger charge is -2.43. The van der Waals surface area contributed by atoms with Crippen LogP contribution in [0.3, 0.4) is 0 Å². The summed E-state index contributed by atoms with van der Waals surface area (Å²) in [5.74, 6) is 2.74. The summed E-state index contributed by atoms with van der Waals surface area (Å²) in [6.45, 7) is 13.1. The monoisotopic (exact) mass is 407 g/mol. The zero-order valence-electron chi connectivity index (χ0n) is 18.0. The second kappa shape index (κ2) is 8.03. The van der Waals surface area contributed by atoms with Gasteiger partial charge in [-0.05, 0) is 24.1 Å². The van der Waals surface area contributed by atoms with Crippen LogP contribution in [-0.4, -0.2) is 43.8 Å². The number of nitrogens with one attached hydrogen (secondary N) is 1. The van der Waals surface area contributed by atoms with Crippen molar-refractivity contribution < 1.29 is 19.3 Å². The van der Waals surface area contributed by atoms with E-state index >= 15 is 0 Å². The Morgan fingerprint density at radius 2 is 2.11 bits per heavy atom. The van der Waals surface area contributed by atoms with Crippen LogP contribution in [0.5, 0.6) is 5.88 Å². The standard InChI is InChI=1S/C21H33NO5Si/c1-9-21(12-28(7,8)20(3,4)5)17(26-13-25-6)11-16(27-21)15-10-14(2)18(23)22-19(15)24/h1,10,16-17H,11-13H2,2-8H3,(H2,22,23,24)/t16-,17?,21-/m1/s1. The van der Waals surface area contributed by atoms with Crippen LogP contribution in [0.1, 0.15) is 44.4 Å². The summed E-state index contributed by atoms with van der Waals surface area (Å²) in [4.78, 5) is 14.9. The predicted molar refractivity (Wildman–Crippen MR) is 112 cm³/mol. The van der Waals surface area contributed by atoms with Crippen LogP contribution in [0, 0.1) is 19.3 Å². The minimum atomic E-state index is -1.82. The number of aromatic hydroxyl groups is 1. The molecule has 2 heterocycles. The van der Waals surface area contributed by atoms with E-state index in [0.29, 0.717) is 23.6 Å². The fourth-order valence-electron chi connectivity index (χ4n) is 3.45. The fourth-order valence-corrected chi connectivity index (χ4v) is 5.70. The maximum atomic E-state index is 12.4. The highest BCUT2D eigenvalue weighted by atomic mass is 28.3. The van der Waals surface area contributed by atoms with E-state index < -0.39 is 19.8 Å². The summed E-state index contributed by atoms with van der Waals surface area (Å²) in [6, 6.07) is 2.37. The Hall–Kier alpha value is -1.59. The molecule has 0 spiro atoms. The summed E-state index contributed by atoms with van der Waals surface area (Å²) in [5, 5.41) is 9.88. The molecule has 1 aliphatic rings. The molecule has 0 bridgehead atoms. The molecule has 0 saturated carbocycles. The number of aromatic amines is 1. The molecule has 1 fully saturated rings. The number of aryl methyl sites for hydroxylation is 1. The molecule has 2 N–H and O–H groups in total. The van der Waals surface area contributed by atoms with E-state index in [1.54, 1.807) is 20.1 Å². The van der Waals surface area contributed by atoms with E-state index in [-0.39, 0.29) is 29.4 Å². The Morgan fingerprint density at radius 1 is 1.46 bits per heavy atom. The number of H-pyrrole nitrogens is 1. The molecular weight excluding hydrogens is 374 g/mol. The number of aromatic nitrogens is 1. The highest BCUT2D eigenvalue weighted by Gasteiger charge is 2.54. The molecule has 6 nitrogen and oxygen atoms in total. The molecule has 0 radical (unpaired) electrons. The van der Waals surface area contributed by atoms with Crippen molar-refractivity contribution in [1.82, 2.24) is 4.98 Å². The van der Waals surface area contributed by atoms with Crippen molar-refractivity contribution in [3.05, 3.63) is 27.5 Å². The number of hydrogen-bond acceptors (Lipinski definition) is 5. The second-order valence-corrected chi connectivity index (χ2v) is 15.0. The van der Waals surface area contributed by atoms with E-state index in [9.17, 15) is 9.90 Å². The van der Waals surface area contributed by atoms with Crippen molar-refractivity contribution in [2.45, 2.75) is 76.1 Å². The minimum Gasteiger partial charge on any atom is -0.494 e. The molecule has 28 heavy (non-hydrogen) atoms. The summed E-state index contributed by atoms with van der Waals surface area (Å²) in [6.07, 6.45) is 5.58. The third-order valence-electron chi connectivity index (χ3n) is 6.25. The molecule has 0 aliphatic carbocycles. The van der Waals surface area contributed by atoms with Gasteiger partial charge in [-0.15, -0.1) is 6.42 Å². The van der Waals surface area contributed by atoms with Crippen LogP contribution < -0.4 is 5.56 Å². The highest BCUT2D eigenvalue weighted by Crippen LogP contribution is 2.49. The first-order valence-electron chi connectivity index (χ1n) is 9.56. The molecule has 156 valence electrons. The van der Waals surface area contributed by atoms with E-state index in [2.05, 4.69) is 44.8 Å². The molecule has 1 unspecified atom stereocenters. The Bertz CT molecular complexity index is 804. The van der Waals surface area contributed by atoms with Crippen molar-refractivity contribution in [3.8, 4) is 18.2 Å². The number of ether oxygens (including phenoxy) is 3. The quantitative estimate of drug-likeness (QED) is 0.427. The molecule has 7 heteroatoms. The Kier molecular flexibility index (Phi) is 6.51. The van der Waals surface area contributed by atoms with Crippen molar-refractivity contribution in [2.75, 3.05) is 13.9 Å². The van der Waals surface area contributed by atoms with Crippen LogP contribution in [0.4, 0.5) is 0 Å². The molecule has 2 rings (SSSR count). The number of pyridine rings is 1. The molecular formula is C21H33NO5Si. The number of terminal acetylenes is 1. The van der Waals surface area contributed by atoms with Crippen molar-refractivity contribution in [3.63, 3.8) is 0 Å². The lowest BCUT2D eigenvalue weighted by atomic mass is 9.97.